The van der Waals surface area contributed by atoms with E-state index in [1.54, 1.807) is 7.11 Å². The van der Waals surface area contributed by atoms with Crippen molar-refractivity contribution < 1.29 is 9.47 Å². The normalized spacial score (nSPS) is 10.3. The number of benzene rings is 2. The highest BCUT2D eigenvalue weighted by Gasteiger charge is 2.01. The molecule has 0 saturated carbocycles. The second kappa shape index (κ2) is 6.62. The van der Waals surface area contributed by atoms with Gasteiger partial charge in [0.25, 0.3) is 0 Å². The van der Waals surface area contributed by atoms with Crippen molar-refractivity contribution in [3.8, 4) is 11.5 Å². The average molecular weight is 321 g/mol. The highest BCUT2D eigenvalue weighted by atomic mass is 79.9. The minimum absolute atomic E-state index is 0.661. The molecule has 0 aliphatic carbocycles. The molecule has 0 N–H and O–H groups in total. The second-order valence-corrected chi connectivity index (χ2v) is 5.23. The third kappa shape index (κ3) is 4.00. The van der Waals surface area contributed by atoms with Gasteiger partial charge in [-0.25, -0.2) is 0 Å². The van der Waals surface area contributed by atoms with Gasteiger partial charge in [-0.1, -0.05) is 18.2 Å². The maximum atomic E-state index is 5.77. The molecule has 2 nitrogen and oxygen atoms in total. The summed E-state index contributed by atoms with van der Waals surface area (Å²) in [6.45, 7) is 2.72. The first-order valence-corrected chi connectivity index (χ1v) is 7.00. The zero-order valence-corrected chi connectivity index (χ0v) is 12.7. The van der Waals surface area contributed by atoms with E-state index < -0.39 is 0 Å². The molecule has 0 bridgehead atoms. The molecule has 2 aromatic carbocycles. The first-order valence-electron chi connectivity index (χ1n) is 6.21. The average Bonchev–Trinajstić information content (AvgIpc) is 2.42. The molecule has 0 aromatic heterocycles. The van der Waals surface area contributed by atoms with Crippen molar-refractivity contribution in [1.82, 2.24) is 0 Å². The fourth-order valence-electron chi connectivity index (χ4n) is 1.79. The van der Waals surface area contributed by atoms with E-state index in [1.807, 2.05) is 24.3 Å². The van der Waals surface area contributed by atoms with Gasteiger partial charge < -0.3 is 9.47 Å². The van der Waals surface area contributed by atoms with Crippen LogP contribution in [0, 0.1) is 6.92 Å². The highest BCUT2D eigenvalue weighted by molar-refractivity contribution is 9.10. The number of hydrogen-bond donors (Lipinski definition) is 0. The van der Waals surface area contributed by atoms with E-state index in [1.165, 1.54) is 11.1 Å². The Balaban J connectivity index is 1.88. The molecule has 0 spiro atoms. The quantitative estimate of drug-likeness (QED) is 0.813. The standard InChI is InChI=1S/C16H17BrO2/c1-12-3-8-16(15(17)11-12)19-10-9-13-4-6-14(18-2)7-5-13/h3-8,11H,9-10H2,1-2H3. The number of hydrogen-bond acceptors (Lipinski definition) is 2. The van der Waals surface area contributed by atoms with E-state index in [2.05, 4.69) is 41.1 Å². The van der Waals surface area contributed by atoms with Crippen molar-refractivity contribution in [3.05, 3.63) is 58.1 Å². The third-order valence-corrected chi connectivity index (χ3v) is 3.51. The van der Waals surface area contributed by atoms with Crippen LogP contribution in [-0.2, 0) is 6.42 Å². The van der Waals surface area contributed by atoms with Crippen molar-refractivity contribution in [2.24, 2.45) is 0 Å². The molecule has 0 saturated heterocycles. The molecular weight excluding hydrogens is 304 g/mol. The predicted octanol–water partition coefficient (Wildman–Crippen LogP) is 4.39. The van der Waals surface area contributed by atoms with Gasteiger partial charge in [0.1, 0.15) is 11.5 Å². The van der Waals surface area contributed by atoms with Crippen LogP contribution >= 0.6 is 15.9 Å². The van der Waals surface area contributed by atoms with E-state index in [4.69, 9.17) is 9.47 Å². The Labute approximate surface area is 122 Å². The minimum Gasteiger partial charge on any atom is -0.497 e. The maximum Gasteiger partial charge on any atom is 0.133 e. The summed E-state index contributed by atoms with van der Waals surface area (Å²) in [5, 5.41) is 0. The molecule has 0 heterocycles. The van der Waals surface area contributed by atoms with Gasteiger partial charge in [-0.3, -0.25) is 0 Å². The van der Waals surface area contributed by atoms with Gasteiger partial charge in [0, 0.05) is 6.42 Å². The molecule has 3 heteroatoms. The summed E-state index contributed by atoms with van der Waals surface area (Å²) in [6, 6.07) is 14.2. The SMILES string of the molecule is COc1ccc(CCOc2ccc(C)cc2Br)cc1. The van der Waals surface area contributed by atoms with Gasteiger partial charge in [-0.05, 0) is 58.2 Å². The number of aryl methyl sites for hydroxylation is 1. The molecule has 0 aliphatic rings. The number of rotatable bonds is 5. The van der Waals surface area contributed by atoms with Gasteiger partial charge in [0.05, 0.1) is 18.2 Å². The molecule has 0 atom stereocenters. The minimum atomic E-state index is 0.661. The number of ether oxygens (including phenoxy) is 2. The van der Waals surface area contributed by atoms with E-state index in [0.717, 1.165) is 22.4 Å². The van der Waals surface area contributed by atoms with Crippen LogP contribution in [0.4, 0.5) is 0 Å². The fourth-order valence-corrected chi connectivity index (χ4v) is 2.40. The molecule has 2 rings (SSSR count). The summed E-state index contributed by atoms with van der Waals surface area (Å²) in [5.74, 6) is 1.77. The Morgan fingerprint density at radius 2 is 1.79 bits per heavy atom. The summed E-state index contributed by atoms with van der Waals surface area (Å²) in [6.07, 6.45) is 0.879. The molecular formula is C16H17BrO2. The summed E-state index contributed by atoms with van der Waals surface area (Å²) >= 11 is 3.51. The molecule has 0 unspecified atom stereocenters. The van der Waals surface area contributed by atoms with Crippen molar-refractivity contribution in [2.75, 3.05) is 13.7 Å². The van der Waals surface area contributed by atoms with Crippen LogP contribution in [-0.4, -0.2) is 13.7 Å². The van der Waals surface area contributed by atoms with Crippen molar-refractivity contribution in [2.45, 2.75) is 13.3 Å². The van der Waals surface area contributed by atoms with Crippen LogP contribution in [0.25, 0.3) is 0 Å². The van der Waals surface area contributed by atoms with Crippen LogP contribution in [0.2, 0.25) is 0 Å². The Bertz CT molecular complexity index is 535. The van der Waals surface area contributed by atoms with Gasteiger partial charge in [-0.2, -0.15) is 0 Å². The predicted molar refractivity (Wildman–Crippen MR) is 81.1 cm³/mol. The van der Waals surface area contributed by atoms with E-state index in [0.29, 0.717) is 6.61 Å². The molecule has 19 heavy (non-hydrogen) atoms. The lowest BCUT2D eigenvalue weighted by molar-refractivity contribution is 0.320. The summed E-state index contributed by atoms with van der Waals surface area (Å²) in [5.41, 5.74) is 2.46. The van der Waals surface area contributed by atoms with Crippen LogP contribution in [0.15, 0.2) is 46.9 Å². The largest absolute Gasteiger partial charge is 0.497 e. The third-order valence-electron chi connectivity index (χ3n) is 2.89. The van der Waals surface area contributed by atoms with Crippen LogP contribution in [0.1, 0.15) is 11.1 Å². The lowest BCUT2D eigenvalue weighted by Gasteiger charge is -2.09. The Hall–Kier alpha value is -1.48. The van der Waals surface area contributed by atoms with Gasteiger partial charge >= 0.3 is 0 Å². The molecule has 0 fully saturated rings. The number of halogens is 1. The van der Waals surface area contributed by atoms with Gasteiger partial charge in [-0.15, -0.1) is 0 Å². The Kier molecular flexibility index (Phi) is 4.86. The number of methoxy groups -OCH3 is 1. The fraction of sp³-hybridized carbons (Fsp3) is 0.250. The Morgan fingerprint density at radius 1 is 1.05 bits per heavy atom. The molecule has 100 valence electrons. The zero-order valence-electron chi connectivity index (χ0n) is 11.2. The first kappa shape index (κ1) is 13.9. The molecule has 0 radical (unpaired) electrons. The highest BCUT2D eigenvalue weighted by Crippen LogP contribution is 2.25. The van der Waals surface area contributed by atoms with Crippen molar-refractivity contribution >= 4 is 15.9 Å². The lowest BCUT2D eigenvalue weighted by atomic mass is 10.1. The van der Waals surface area contributed by atoms with Crippen molar-refractivity contribution in [1.29, 1.82) is 0 Å². The Morgan fingerprint density at radius 3 is 2.42 bits per heavy atom. The van der Waals surface area contributed by atoms with Crippen molar-refractivity contribution in [3.63, 3.8) is 0 Å². The second-order valence-electron chi connectivity index (χ2n) is 4.38. The van der Waals surface area contributed by atoms with Gasteiger partial charge in [0.2, 0.25) is 0 Å². The van der Waals surface area contributed by atoms with Crippen LogP contribution in [0.5, 0.6) is 11.5 Å². The maximum absolute atomic E-state index is 5.77. The van der Waals surface area contributed by atoms with E-state index in [-0.39, 0.29) is 0 Å². The molecule has 2 aromatic rings. The van der Waals surface area contributed by atoms with E-state index in [9.17, 15) is 0 Å². The smallest absolute Gasteiger partial charge is 0.133 e. The first-order chi connectivity index (χ1) is 9.19. The molecule has 0 aliphatic heterocycles. The summed E-state index contributed by atoms with van der Waals surface area (Å²) < 4.78 is 11.9. The van der Waals surface area contributed by atoms with E-state index >= 15 is 0 Å². The lowest BCUT2D eigenvalue weighted by Crippen LogP contribution is -2.01. The topological polar surface area (TPSA) is 18.5 Å². The summed E-state index contributed by atoms with van der Waals surface area (Å²) in [7, 11) is 1.67. The van der Waals surface area contributed by atoms with Gasteiger partial charge in [0.15, 0.2) is 0 Å². The molecule has 0 amide bonds. The monoisotopic (exact) mass is 320 g/mol. The van der Waals surface area contributed by atoms with Crippen LogP contribution in [0.3, 0.4) is 0 Å². The van der Waals surface area contributed by atoms with Crippen LogP contribution < -0.4 is 9.47 Å². The zero-order chi connectivity index (χ0) is 13.7. The summed E-state index contributed by atoms with van der Waals surface area (Å²) in [4.78, 5) is 0.